The highest BCUT2D eigenvalue weighted by molar-refractivity contribution is 6.11. The van der Waals surface area contributed by atoms with Gasteiger partial charge in [0.1, 0.15) is 0 Å². The van der Waals surface area contributed by atoms with E-state index >= 15 is 0 Å². The van der Waals surface area contributed by atoms with Crippen LogP contribution >= 0.6 is 0 Å². The van der Waals surface area contributed by atoms with Crippen molar-refractivity contribution < 1.29 is 14.5 Å². The van der Waals surface area contributed by atoms with Crippen LogP contribution < -0.4 is 0 Å². The van der Waals surface area contributed by atoms with Crippen LogP contribution in [0.25, 0.3) is 6.08 Å². The number of cyclic esters (lactones) is 1. The van der Waals surface area contributed by atoms with E-state index in [1.807, 2.05) is 18.2 Å². The molecule has 0 saturated carbocycles. The summed E-state index contributed by atoms with van der Waals surface area (Å²) >= 11 is 0. The first-order valence-corrected chi connectivity index (χ1v) is 7.13. The quantitative estimate of drug-likeness (QED) is 0.374. The zero-order chi connectivity index (χ0) is 16.9. The fourth-order valence-corrected chi connectivity index (χ4v) is 2.17. The van der Waals surface area contributed by atoms with E-state index in [-0.39, 0.29) is 17.3 Å². The van der Waals surface area contributed by atoms with Crippen LogP contribution in [-0.4, -0.2) is 16.8 Å². The third-order valence-corrected chi connectivity index (χ3v) is 3.30. The van der Waals surface area contributed by atoms with E-state index in [2.05, 4.69) is 4.99 Å². The smallest absolute Gasteiger partial charge is 0.363 e. The standard InChI is InChI=1S/C18H12N2O4/c21-18-15(19-17(24-18)14-8-2-1-3-9-14)11-6-10-13-7-4-5-12-16(13)20(22)23/h1-12H/b10-6+,15-11-. The highest BCUT2D eigenvalue weighted by Gasteiger charge is 2.23. The number of nitro groups is 1. The minimum Gasteiger partial charge on any atom is -0.402 e. The van der Waals surface area contributed by atoms with Crippen LogP contribution in [0.15, 0.2) is 77.4 Å². The van der Waals surface area contributed by atoms with Gasteiger partial charge >= 0.3 is 5.97 Å². The van der Waals surface area contributed by atoms with Crippen molar-refractivity contribution >= 4 is 23.6 Å². The largest absolute Gasteiger partial charge is 0.402 e. The summed E-state index contributed by atoms with van der Waals surface area (Å²) in [4.78, 5) is 26.5. The number of nitrogens with zero attached hydrogens (tertiary/aromatic N) is 2. The molecule has 0 spiro atoms. The summed E-state index contributed by atoms with van der Waals surface area (Å²) in [6.07, 6.45) is 4.56. The van der Waals surface area contributed by atoms with Crippen molar-refractivity contribution in [2.45, 2.75) is 0 Å². The minimum atomic E-state index is -0.555. The predicted octanol–water partition coefficient (Wildman–Crippen LogP) is 3.50. The van der Waals surface area contributed by atoms with Gasteiger partial charge in [-0.15, -0.1) is 0 Å². The summed E-state index contributed by atoms with van der Waals surface area (Å²) in [5, 5.41) is 11.0. The molecule has 3 rings (SSSR count). The van der Waals surface area contributed by atoms with Crippen molar-refractivity contribution in [2.24, 2.45) is 4.99 Å². The normalized spacial score (nSPS) is 15.6. The van der Waals surface area contributed by atoms with Gasteiger partial charge in [0.25, 0.3) is 5.69 Å². The number of hydrogen-bond acceptors (Lipinski definition) is 5. The number of hydrogen-bond donors (Lipinski definition) is 0. The highest BCUT2D eigenvalue weighted by Crippen LogP contribution is 2.20. The van der Waals surface area contributed by atoms with E-state index in [0.717, 1.165) is 0 Å². The van der Waals surface area contributed by atoms with Gasteiger partial charge in [-0.05, 0) is 30.4 Å². The van der Waals surface area contributed by atoms with Crippen LogP contribution in [0.1, 0.15) is 11.1 Å². The van der Waals surface area contributed by atoms with Crippen LogP contribution in [0.4, 0.5) is 5.69 Å². The van der Waals surface area contributed by atoms with Crippen molar-refractivity contribution in [1.82, 2.24) is 0 Å². The summed E-state index contributed by atoms with van der Waals surface area (Å²) in [7, 11) is 0. The molecule has 0 unspecified atom stereocenters. The molecule has 0 fully saturated rings. The van der Waals surface area contributed by atoms with Crippen LogP contribution in [0.2, 0.25) is 0 Å². The second-order valence-electron chi connectivity index (χ2n) is 4.90. The third-order valence-electron chi connectivity index (χ3n) is 3.30. The Hall–Kier alpha value is -3.54. The van der Waals surface area contributed by atoms with E-state index in [1.165, 1.54) is 18.2 Å². The molecule has 24 heavy (non-hydrogen) atoms. The number of allylic oxidation sites excluding steroid dienone is 2. The summed E-state index contributed by atoms with van der Waals surface area (Å²) in [5.41, 5.74) is 1.29. The molecule has 2 aromatic rings. The molecule has 0 saturated heterocycles. The van der Waals surface area contributed by atoms with E-state index in [4.69, 9.17) is 4.74 Å². The lowest BCUT2D eigenvalue weighted by Gasteiger charge is -1.97. The zero-order valence-electron chi connectivity index (χ0n) is 12.5. The molecule has 0 amide bonds. The van der Waals surface area contributed by atoms with Crippen molar-refractivity contribution in [2.75, 3.05) is 0 Å². The average Bonchev–Trinajstić information content (AvgIpc) is 2.97. The zero-order valence-corrected chi connectivity index (χ0v) is 12.5. The van der Waals surface area contributed by atoms with Crippen LogP contribution in [0.3, 0.4) is 0 Å². The molecular formula is C18H12N2O4. The van der Waals surface area contributed by atoms with Gasteiger partial charge < -0.3 is 4.74 Å². The van der Waals surface area contributed by atoms with E-state index in [0.29, 0.717) is 11.1 Å². The number of nitro benzene ring substituents is 1. The molecule has 0 atom stereocenters. The van der Waals surface area contributed by atoms with Gasteiger partial charge in [-0.3, -0.25) is 10.1 Å². The van der Waals surface area contributed by atoms with Crippen molar-refractivity contribution in [3.05, 3.63) is 93.7 Å². The molecule has 2 aromatic carbocycles. The first kappa shape index (κ1) is 15.4. The number of esters is 1. The Labute approximate surface area is 137 Å². The van der Waals surface area contributed by atoms with Crippen LogP contribution in [0, 0.1) is 10.1 Å². The molecule has 6 nitrogen and oxygen atoms in total. The summed E-state index contributed by atoms with van der Waals surface area (Å²) < 4.78 is 5.13. The number of aliphatic imine (C=N–C) groups is 1. The van der Waals surface area contributed by atoms with Gasteiger partial charge in [0.05, 0.1) is 10.5 Å². The molecule has 1 aliphatic heterocycles. The second-order valence-corrected chi connectivity index (χ2v) is 4.90. The van der Waals surface area contributed by atoms with Gasteiger partial charge in [0.15, 0.2) is 5.70 Å². The molecule has 1 heterocycles. The first-order chi connectivity index (χ1) is 11.6. The molecule has 0 bridgehead atoms. The monoisotopic (exact) mass is 320 g/mol. The Morgan fingerprint density at radius 3 is 2.50 bits per heavy atom. The van der Waals surface area contributed by atoms with Gasteiger partial charge in [0, 0.05) is 11.6 Å². The number of carbonyl (C=O) groups is 1. The molecular weight excluding hydrogens is 308 g/mol. The van der Waals surface area contributed by atoms with Gasteiger partial charge in [0.2, 0.25) is 5.90 Å². The molecule has 0 radical (unpaired) electrons. The number of benzene rings is 2. The molecule has 1 aliphatic rings. The maximum atomic E-state index is 11.8. The third kappa shape index (κ3) is 3.27. The topological polar surface area (TPSA) is 81.8 Å². The lowest BCUT2D eigenvalue weighted by atomic mass is 10.1. The van der Waals surface area contributed by atoms with Crippen molar-refractivity contribution in [1.29, 1.82) is 0 Å². The molecule has 0 aromatic heterocycles. The Balaban J connectivity index is 1.83. The number of rotatable bonds is 4. The Kier molecular flexibility index (Phi) is 4.29. The minimum absolute atomic E-state index is 0.00498. The summed E-state index contributed by atoms with van der Waals surface area (Å²) in [6, 6.07) is 15.4. The van der Waals surface area contributed by atoms with Crippen molar-refractivity contribution in [3.63, 3.8) is 0 Å². The summed E-state index contributed by atoms with van der Waals surface area (Å²) in [6.45, 7) is 0. The Morgan fingerprint density at radius 2 is 1.75 bits per heavy atom. The van der Waals surface area contributed by atoms with E-state index in [1.54, 1.807) is 36.4 Å². The van der Waals surface area contributed by atoms with E-state index in [9.17, 15) is 14.9 Å². The highest BCUT2D eigenvalue weighted by atomic mass is 16.6. The Bertz CT molecular complexity index is 883. The maximum absolute atomic E-state index is 11.8. The van der Waals surface area contributed by atoms with Gasteiger partial charge in [-0.1, -0.05) is 36.4 Å². The van der Waals surface area contributed by atoms with Gasteiger partial charge in [-0.2, -0.15) is 0 Å². The average molecular weight is 320 g/mol. The predicted molar refractivity (Wildman–Crippen MR) is 89.3 cm³/mol. The second kappa shape index (κ2) is 6.70. The molecule has 0 aliphatic carbocycles. The number of ether oxygens (including phenoxy) is 1. The molecule has 0 N–H and O–H groups in total. The number of carbonyl (C=O) groups excluding carboxylic acids is 1. The SMILES string of the molecule is O=C1OC(c2ccccc2)=N/C1=C\C=C\c1ccccc1[N+](=O)[O-]. The lowest BCUT2D eigenvalue weighted by Crippen LogP contribution is -2.04. The van der Waals surface area contributed by atoms with Crippen molar-refractivity contribution in [3.8, 4) is 0 Å². The maximum Gasteiger partial charge on any atom is 0.363 e. The first-order valence-electron chi connectivity index (χ1n) is 7.13. The fraction of sp³-hybridized carbons (Fsp3) is 0. The lowest BCUT2D eigenvalue weighted by molar-refractivity contribution is -0.385. The molecule has 6 heteroatoms. The van der Waals surface area contributed by atoms with E-state index < -0.39 is 10.9 Å². The van der Waals surface area contributed by atoms with Gasteiger partial charge in [-0.25, -0.2) is 9.79 Å². The summed E-state index contributed by atoms with van der Waals surface area (Å²) in [5.74, 6) is -0.313. The fourth-order valence-electron chi connectivity index (χ4n) is 2.17. The van der Waals surface area contributed by atoms with Crippen LogP contribution in [-0.2, 0) is 9.53 Å². The number of para-hydroxylation sites is 1. The Morgan fingerprint density at radius 1 is 1.04 bits per heavy atom. The molecule has 118 valence electrons. The van der Waals surface area contributed by atoms with Crippen LogP contribution in [0.5, 0.6) is 0 Å².